The van der Waals surface area contributed by atoms with Gasteiger partial charge >= 0.3 is 6.09 Å². The summed E-state index contributed by atoms with van der Waals surface area (Å²) >= 11 is 0. The van der Waals surface area contributed by atoms with Crippen molar-refractivity contribution in [1.82, 2.24) is 0 Å². The van der Waals surface area contributed by atoms with Gasteiger partial charge in [-0.1, -0.05) is 6.07 Å². The Morgan fingerprint density at radius 3 is 2.57 bits per heavy atom. The molecule has 0 radical (unpaired) electrons. The molecule has 0 bridgehead atoms. The minimum absolute atomic E-state index is 0.0658. The zero-order chi connectivity index (χ0) is 15.6. The number of ether oxygens (including phenoxy) is 1. The lowest BCUT2D eigenvalue weighted by Crippen LogP contribution is -2.27. The molecule has 1 aliphatic heterocycles. The van der Waals surface area contributed by atoms with Crippen molar-refractivity contribution in [2.24, 2.45) is 0 Å². The molecular formula is C15H18N2O4. The van der Waals surface area contributed by atoms with Gasteiger partial charge in [0.05, 0.1) is 13.0 Å². The summed E-state index contributed by atoms with van der Waals surface area (Å²) < 4.78 is 5.16. The maximum absolute atomic E-state index is 11.7. The molecule has 1 N–H and O–H groups in total. The lowest BCUT2D eigenvalue weighted by molar-refractivity contribution is -0.121. The van der Waals surface area contributed by atoms with Crippen LogP contribution in [-0.2, 0) is 14.3 Å². The molecule has 21 heavy (non-hydrogen) atoms. The average molecular weight is 290 g/mol. The van der Waals surface area contributed by atoms with E-state index in [1.165, 1.54) is 4.90 Å². The summed E-state index contributed by atoms with van der Waals surface area (Å²) in [5.41, 5.74) is 0.507. The monoisotopic (exact) mass is 290 g/mol. The first-order chi connectivity index (χ1) is 9.74. The highest BCUT2D eigenvalue weighted by molar-refractivity contribution is 6.15. The molecule has 2 rings (SSSR count). The quantitative estimate of drug-likeness (QED) is 0.848. The first kappa shape index (κ1) is 15.0. The molecule has 6 heteroatoms. The van der Waals surface area contributed by atoms with E-state index in [9.17, 15) is 14.4 Å². The van der Waals surface area contributed by atoms with Crippen molar-refractivity contribution in [3.05, 3.63) is 24.3 Å². The van der Waals surface area contributed by atoms with Gasteiger partial charge in [0.2, 0.25) is 5.91 Å². The van der Waals surface area contributed by atoms with Gasteiger partial charge in [-0.15, -0.1) is 0 Å². The second kappa shape index (κ2) is 5.55. The smallest absolute Gasteiger partial charge is 0.412 e. The molecule has 1 heterocycles. The Bertz CT molecular complexity index is 590. The Kier molecular flexibility index (Phi) is 3.97. The van der Waals surface area contributed by atoms with E-state index in [-0.39, 0.29) is 24.7 Å². The van der Waals surface area contributed by atoms with Crippen LogP contribution in [0.5, 0.6) is 0 Å². The van der Waals surface area contributed by atoms with Gasteiger partial charge in [0, 0.05) is 11.4 Å². The molecule has 6 nitrogen and oxygen atoms in total. The highest BCUT2D eigenvalue weighted by Gasteiger charge is 2.28. The normalized spacial score (nSPS) is 15.3. The predicted octanol–water partition coefficient (Wildman–Crippen LogP) is 2.34. The third kappa shape index (κ3) is 4.05. The molecule has 0 aliphatic carbocycles. The number of Topliss-reactive ketones (excluding diaryl/α,β-unsaturated/α-hetero) is 1. The van der Waals surface area contributed by atoms with Gasteiger partial charge < -0.3 is 9.64 Å². The van der Waals surface area contributed by atoms with Gasteiger partial charge in [-0.3, -0.25) is 14.9 Å². The van der Waals surface area contributed by atoms with Crippen molar-refractivity contribution < 1.29 is 19.1 Å². The van der Waals surface area contributed by atoms with Crippen molar-refractivity contribution >= 4 is 29.2 Å². The van der Waals surface area contributed by atoms with E-state index in [1.807, 2.05) is 0 Å². The Labute approximate surface area is 123 Å². The Hall–Kier alpha value is -2.37. The molecule has 0 unspecified atom stereocenters. The molecule has 112 valence electrons. The molecule has 1 saturated heterocycles. The number of hydrogen-bond donors (Lipinski definition) is 1. The fourth-order valence-electron chi connectivity index (χ4n) is 1.99. The number of amides is 2. The number of carbonyl (C=O) groups excluding carboxylic acids is 3. The third-order valence-electron chi connectivity index (χ3n) is 2.79. The third-order valence-corrected chi connectivity index (χ3v) is 2.79. The molecule has 0 aromatic heterocycles. The van der Waals surface area contributed by atoms with Crippen molar-refractivity contribution in [3.63, 3.8) is 0 Å². The van der Waals surface area contributed by atoms with Crippen LogP contribution in [0, 0.1) is 0 Å². The van der Waals surface area contributed by atoms with E-state index in [2.05, 4.69) is 5.32 Å². The Morgan fingerprint density at radius 2 is 2.00 bits per heavy atom. The van der Waals surface area contributed by atoms with Gasteiger partial charge in [-0.05, 0) is 39.0 Å². The molecule has 0 saturated carbocycles. The van der Waals surface area contributed by atoms with Crippen molar-refractivity contribution in [2.75, 3.05) is 16.8 Å². The summed E-state index contributed by atoms with van der Waals surface area (Å²) in [7, 11) is 0. The number of carbonyl (C=O) groups is 3. The van der Waals surface area contributed by atoms with E-state index < -0.39 is 11.7 Å². The summed E-state index contributed by atoms with van der Waals surface area (Å²) in [6, 6.07) is 6.76. The summed E-state index contributed by atoms with van der Waals surface area (Å²) in [4.78, 5) is 36.1. The number of hydrogen-bond acceptors (Lipinski definition) is 4. The molecule has 2 amide bonds. The molecule has 0 spiro atoms. The van der Waals surface area contributed by atoms with Crippen molar-refractivity contribution in [3.8, 4) is 0 Å². The number of nitrogens with one attached hydrogen (secondary N) is 1. The van der Waals surface area contributed by atoms with Crippen LogP contribution >= 0.6 is 0 Å². The summed E-state index contributed by atoms with van der Waals surface area (Å²) in [5, 5.41) is 2.60. The fourth-order valence-corrected chi connectivity index (χ4v) is 1.99. The van der Waals surface area contributed by atoms with Gasteiger partial charge in [0.1, 0.15) is 5.60 Å². The molecular weight excluding hydrogens is 272 g/mol. The van der Waals surface area contributed by atoms with E-state index in [1.54, 1.807) is 45.0 Å². The van der Waals surface area contributed by atoms with Crippen LogP contribution in [0.25, 0.3) is 0 Å². The number of benzene rings is 1. The maximum Gasteiger partial charge on any atom is 0.412 e. The molecule has 1 aromatic carbocycles. The zero-order valence-electron chi connectivity index (χ0n) is 12.3. The standard InChI is InChI=1S/C15H18N2O4/c1-15(2,3)21-14(20)16-10-5-4-6-11(7-10)17-9-12(18)8-13(17)19/h4-7H,8-9H2,1-3H3,(H,16,20). The number of nitrogens with zero attached hydrogens (tertiary/aromatic N) is 1. The van der Waals surface area contributed by atoms with Crippen LogP contribution in [0.2, 0.25) is 0 Å². The fraction of sp³-hybridized carbons (Fsp3) is 0.400. The minimum Gasteiger partial charge on any atom is -0.444 e. The van der Waals surface area contributed by atoms with Crippen molar-refractivity contribution in [2.45, 2.75) is 32.8 Å². The van der Waals surface area contributed by atoms with Gasteiger partial charge in [-0.25, -0.2) is 4.79 Å². The second-order valence-corrected chi connectivity index (χ2v) is 5.87. The topological polar surface area (TPSA) is 75.7 Å². The van der Waals surface area contributed by atoms with Crippen LogP contribution < -0.4 is 10.2 Å². The van der Waals surface area contributed by atoms with Crippen LogP contribution in [-0.4, -0.2) is 29.9 Å². The minimum atomic E-state index is -0.584. The SMILES string of the molecule is CC(C)(C)OC(=O)Nc1cccc(N2CC(=O)CC2=O)c1. The lowest BCUT2D eigenvalue weighted by Gasteiger charge is -2.20. The summed E-state index contributed by atoms with van der Waals surface area (Å²) in [5.74, 6) is -0.333. The molecule has 1 fully saturated rings. The van der Waals surface area contributed by atoms with E-state index in [4.69, 9.17) is 4.74 Å². The maximum atomic E-state index is 11.7. The van der Waals surface area contributed by atoms with Gasteiger partial charge in [0.15, 0.2) is 5.78 Å². The molecule has 1 aromatic rings. The number of rotatable bonds is 2. The first-order valence-corrected chi connectivity index (χ1v) is 6.67. The highest BCUT2D eigenvalue weighted by atomic mass is 16.6. The van der Waals surface area contributed by atoms with Gasteiger partial charge in [-0.2, -0.15) is 0 Å². The van der Waals surface area contributed by atoms with E-state index in [0.717, 1.165) is 0 Å². The lowest BCUT2D eigenvalue weighted by atomic mass is 10.2. The van der Waals surface area contributed by atoms with Crippen LogP contribution in [0.15, 0.2) is 24.3 Å². The highest BCUT2D eigenvalue weighted by Crippen LogP contribution is 2.23. The van der Waals surface area contributed by atoms with Crippen LogP contribution in [0.4, 0.5) is 16.2 Å². The summed E-state index contributed by atoms with van der Waals surface area (Å²) in [6.07, 6.45) is -0.632. The molecule has 1 aliphatic rings. The van der Waals surface area contributed by atoms with E-state index in [0.29, 0.717) is 11.4 Å². The number of anilines is 2. The van der Waals surface area contributed by atoms with E-state index >= 15 is 0 Å². The van der Waals surface area contributed by atoms with Gasteiger partial charge in [0.25, 0.3) is 0 Å². The average Bonchev–Trinajstić information content (AvgIpc) is 2.66. The number of ketones is 1. The zero-order valence-corrected chi connectivity index (χ0v) is 12.3. The predicted molar refractivity (Wildman–Crippen MR) is 78.3 cm³/mol. The first-order valence-electron chi connectivity index (χ1n) is 6.67. The second-order valence-electron chi connectivity index (χ2n) is 5.87. The Balaban J connectivity index is 2.10. The molecule has 0 atom stereocenters. The van der Waals surface area contributed by atoms with Crippen LogP contribution in [0.3, 0.4) is 0 Å². The van der Waals surface area contributed by atoms with Crippen LogP contribution in [0.1, 0.15) is 27.2 Å². The summed E-state index contributed by atoms with van der Waals surface area (Å²) in [6.45, 7) is 5.40. The Morgan fingerprint density at radius 1 is 1.29 bits per heavy atom. The largest absolute Gasteiger partial charge is 0.444 e. The van der Waals surface area contributed by atoms with Crippen molar-refractivity contribution in [1.29, 1.82) is 0 Å².